The number of carbonyl (C=O) groups is 3. The lowest BCUT2D eigenvalue weighted by Crippen LogP contribution is -2.43. The minimum atomic E-state index is -0.738. The second-order valence-electron chi connectivity index (χ2n) is 5.50. The molecule has 1 amide bonds. The molecule has 0 radical (unpaired) electrons. The third kappa shape index (κ3) is 5.84. The molecular weight excluding hydrogens is 325 g/mol. The zero-order chi connectivity index (χ0) is 18.2. The van der Waals surface area contributed by atoms with E-state index in [0.29, 0.717) is 6.42 Å². The number of hydrogen-bond acceptors (Lipinski definition) is 4. The molecule has 1 atom stereocenters. The number of hydrogen-bond donors (Lipinski definition) is 1. The maximum absolute atomic E-state index is 12.8. The van der Waals surface area contributed by atoms with E-state index in [-0.39, 0.29) is 11.3 Å². The third-order valence-electron chi connectivity index (χ3n) is 3.52. The van der Waals surface area contributed by atoms with Crippen molar-refractivity contribution in [1.29, 1.82) is 0 Å². The van der Waals surface area contributed by atoms with Crippen LogP contribution in [0.4, 0.5) is 4.39 Å². The Hall–Kier alpha value is -3.02. The molecule has 0 aliphatic carbocycles. The van der Waals surface area contributed by atoms with Crippen molar-refractivity contribution in [2.24, 2.45) is 0 Å². The average Bonchev–Trinajstić information content (AvgIpc) is 2.60. The van der Waals surface area contributed by atoms with Gasteiger partial charge in [0.05, 0.1) is 11.6 Å². The van der Waals surface area contributed by atoms with Crippen LogP contribution in [0.25, 0.3) is 0 Å². The standard InChI is InChI=1S/C19H18FNO4/c1-13(22)17(11-14-5-3-2-4-6-14)21-18(23)12-25-19(24)15-7-9-16(20)10-8-15/h2-10,17H,11-12H2,1H3,(H,21,23)/t17-/m0/s1. The van der Waals surface area contributed by atoms with Gasteiger partial charge in [0.2, 0.25) is 0 Å². The van der Waals surface area contributed by atoms with Crippen molar-refractivity contribution >= 4 is 17.7 Å². The lowest BCUT2D eigenvalue weighted by molar-refractivity contribution is -0.128. The van der Waals surface area contributed by atoms with Crippen molar-refractivity contribution in [2.75, 3.05) is 6.61 Å². The zero-order valence-corrected chi connectivity index (χ0v) is 13.7. The smallest absolute Gasteiger partial charge is 0.338 e. The van der Waals surface area contributed by atoms with Crippen LogP contribution < -0.4 is 5.32 Å². The van der Waals surface area contributed by atoms with Crippen molar-refractivity contribution in [2.45, 2.75) is 19.4 Å². The number of halogens is 1. The van der Waals surface area contributed by atoms with Crippen molar-refractivity contribution in [3.63, 3.8) is 0 Å². The molecule has 0 saturated heterocycles. The molecule has 0 unspecified atom stereocenters. The molecule has 0 aliphatic heterocycles. The molecule has 0 saturated carbocycles. The minimum absolute atomic E-state index is 0.140. The molecule has 0 heterocycles. The van der Waals surface area contributed by atoms with Crippen molar-refractivity contribution in [1.82, 2.24) is 5.32 Å². The van der Waals surface area contributed by atoms with Gasteiger partial charge in [-0.2, -0.15) is 0 Å². The van der Waals surface area contributed by atoms with Crippen LogP contribution >= 0.6 is 0 Å². The fourth-order valence-corrected chi connectivity index (χ4v) is 2.18. The van der Waals surface area contributed by atoms with Crippen LogP contribution in [-0.4, -0.2) is 30.3 Å². The van der Waals surface area contributed by atoms with E-state index in [0.717, 1.165) is 17.7 Å². The van der Waals surface area contributed by atoms with Crippen LogP contribution in [0.15, 0.2) is 54.6 Å². The highest BCUT2D eigenvalue weighted by molar-refractivity contribution is 5.92. The zero-order valence-electron chi connectivity index (χ0n) is 13.7. The van der Waals surface area contributed by atoms with Gasteiger partial charge in [0, 0.05) is 0 Å². The van der Waals surface area contributed by atoms with Gasteiger partial charge in [-0.15, -0.1) is 0 Å². The first-order valence-corrected chi connectivity index (χ1v) is 7.72. The highest BCUT2D eigenvalue weighted by Gasteiger charge is 2.18. The molecule has 2 aromatic carbocycles. The summed E-state index contributed by atoms with van der Waals surface area (Å²) in [7, 11) is 0. The predicted octanol–water partition coefficient (Wildman–Crippen LogP) is 2.30. The number of ether oxygens (including phenoxy) is 1. The molecule has 0 aromatic heterocycles. The van der Waals surface area contributed by atoms with Gasteiger partial charge in [-0.1, -0.05) is 30.3 Å². The summed E-state index contributed by atoms with van der Waals surface area (Å²) >= 11 is 0. The second-order valence-corrected chi connectivity index (χ2v) is 5.50. The number of ketones is 1. The summed E-state index contributed by atoms with van der Waals surface area (Å²) in [6, 6.07) is 13.4. The molecular formula is C19H18FNO4. The second kappa shape index (κ2) is 8.73. The van der Waals surface area contributed by atoms with Gasteiger partial charge < -0.3 is 10.1 Å². The lowest BCUT2D eigenvalue weighted by Gasteiger charge is -2.16. The van der Waals surface area contributed by atoms with Crippen molar-refractivity contribution < 1.29 is 23.5 Å². The van der Waals surface area contributed by atoms with Crippen molar-refractivity contribution in [3.8, 4) is 0 Å². The quantitative estimate of drug-likeness (QED) is 0.783. The summed E-state index contributed by atoms with van der Waals surface area (Å²) in [5, 5.41) is 2.56. The first kappa shape index (κ1) is 18.3. The number of esters is 1. The third-order valence-corrected chi connectivity index (χ3v) is 3.52. The SMILES string of the molecule is CC(=O)[C@H](Cc1ccccc1)NC(=O)COC(=O)c1ccc(F)cc1. The fourth-order valence-electron chi connectivity index (χ4n) is 2.18. The number of rotatable bonds is 7. The highest BCUT2D eigenvalue weighted by Crippen LogP contribution is 2.06. The Morgan fingerprint density at radius 3 is 2.28 bits per heavy atom. The van der Waals surface area contributed by atoms with Gasteiger partial charge in [0.25, 0.3) is 5.91 Å². The van der Waals surface area contributed by atoms with E-state index in [1.54, 1.807) is 0 Å². The number of carbonyl (C=O) groups excluding carboxylic acids is 3. The van der Waals surface area contributed by atoms with Crippen LogP contribution in [0, 0.1) is 5.82 Å². The van der Waals surface area contributed by atoms with Crippen LogP contribution in [0.2, 0.25) is 0 Å². The molecule has 2 rings (SSSR count). The highest BCUT2D eigenvalue weighted by atomic mass is 19.1. The van der Waals surface area contributed by atoms with E-state index in [9.17, 15) is 18.8 Å². The van der Waals surface area contributed by atoms with Crippen LogP contribution in [0.5, 0.6) is 0 Å². The molecule has 6 heteroatoms. The summed E-state index contributed by atoms with van der Waals surface area (Å²) in [5.74, 6) is -1.98. The maximum Gasteiger partial charge on any atom is 0.338 e. The first-order chi connectivity index (χ1) is 12.0. The Balaban J connectivity index is 1.87. The number of amides is 1. The summed E-state index contributed by atoms with van der Waals surface area (Å²) in [6.07, 6.45) is 0.355. The van der Waals surface area contributed by atoms with Crippen molar-refractivity contribution in [3.05, 3.63) is 71.5 Å². The van der Waals surface area contributed by atoms with E-state index in [1.807, 2.05) is 30.3 Å². The predicted molar refractivity (Wildman–Crippen MR) is 89.4 cm³/mol. The molecule has 0 spiro atoms. The molecule has 0 bridgehead atoms. The number of Topliss-reactive ketones (excluding diaryl/α,β-unsaturated/α-hetero) is 1. The molecule has 0 aliphatic rings. The van der Waals surface area contributed by atoms with Gasteiger partial charge >= 0.3 is 5.97 Å². The van der Waals surface area contributed by atoms with Gasteiger partial charge in [-0.3, -0.25) is 9.59 Å². The fraction of sp³-hybridized carbons (Fsp3) is 0.211. The summed E-state index contributed by atoms with van der Waals surface area (Å²) in [5.41, 5.74) is 1.05. The van der Waals surface area contributed by atoms with Crippen LogP contribution in [0.3, 0.4) is 0 Å². The monoisotopic (exact) mass is 343 g/mol. The van der Waals surface area contributed by atoms with Gasteiger partial charge in [0.15, 0.2) is 12.4 Å². The summed E-state index contributed by atoms with van der Waals surface area (Å²) < 4.78 is 17.7. The number of benzene rings is 2. The maximum atomic E-state index is 12.8. The van der Waals surface area contributed by atoms with E-state index in [1.165, 1.54) is 19.1 Å². The summed E-state index contributed by atoms with van der Waals surface area (Å²) in [4.78, 5) is 35.4. The van der Waals surface area contributed by atoms with E-state index >= 15 is 0 Å². The molecule has 130 valence electrons. The Labute approximate surface area is 144 Å². The Morgan fingerprint density at radius 1 is 1.04 bits per heavy atom. The Morgan fingerprint density at radius 2 is 1.68 bits per heavy atom. The van der Waals surface area contributed by atoms with Gasteiger partial charge in [0.1, 0.15) is 5.82 Å². The van der Waals surface area contributed by atoms with Gasteiger partial charge in [-0.25, -0.2) is 9.18 Å². The first-order valence-electron chi connectivity index (χ1n) is 7.72. The molecule has 25 heavy (non-hydrogen) atoms. The normalized spacial score (nSPS) is 11.4. The van der Waals surface area contributed by atoms with E-state index in [2.05, 4.69) is 5.32 Å². The Kier molecular flexibility index (Phi) is 6.39. The topological polar surface area (TPSA) is 72.5 Å². The number of nitrogens with one attached hydrogen (secondary N) is 1. The van der Waals surface area contributed by atoms with E-state index in [4.69, 9.17) is 4.74 Å². The van der Waals surface area contributed by atoms with Crippen LogP contribution in [0.1, 0.15) is 22.8 Å². The summed E-state index contributed by atoms with van der Waals surface area (Å²) in [6.45, 7) is 0.868. The minimum Gasteiger partial charge on any atom is -0.452 e. The molecule has 1 N–H and O–H groups in total. The molecule has 5 nitrogen and oxygen atoms in total. The lowest BCUT2D eigenvalue weighted by atomic mass is 10.0. The van der Waals surface area contributed by atoms with E-state index < -0.39 is 30.3 Å². The Bertz CT molecular complexity index is 744. The molecule has 2 aromatic rings. The average molecular weight is 343 g/mol. The molecule has 0 fully saturated rings. The largest absolute Gasteiger partial charge is 0.452 e. The van der Waals surface area contributed by atoms with Crippen LogP contribution in [-0.2, 0) is 20.7 Å². The van der Waals surface area contributed by atoms with Gasteiger partial charge in [-0.05, 0) is 43.2 Å².